The van der Waals surface area contributed by atoms with Crippen molar-refractivity contribution in [2.24, 2.45) is 0 Å². The predicted octanol–water partition coefficient (Wildman–Crippen LogP) is 3.38. The first-order valence-corrected chi connectivity index (χ1v) is 6.06. The van der Waals surface area contributed by atoms with E-state index in [1.54, 1.807) is 7.05 Å². The molecule has 0 aliphatic heterocycles. The van der Waals surface area contributed by atoms with E-state index < -0.39 is 22.2 Å². The molecule has 21 heavy (non-hydrogen) atoms. The zero-order chi connectivity index (χ0) is 15.4. The van der Waals surface area contributed by atoms with E-state index in [0.29, 0.717) is 5.56 Å². The average molecular weight is 294 g/mol. The summed E-state index contributed by atoms with van der Waals surface area (Å²) in [7, 11) is 1.65. The molecule has 0 radical (unpaired) electrons. The molecule has 0 saturated carbocycles. The molecule has 0 atom stereocenters. The van der Waals surface area contributed by atoms with Gasteiger partial charge in [0.25, 0.3) is 0 Å². The summed E-state index contributed by atoms with van der Waals surface area (Å²) < 4.78 is 32.6. The van der Waals surface area contributed by atoms with Crippen LogP contribution in [0.1, 0.15) is 5.56 Å². The first-order valence-electron chi connectivity index (χ1n) is 6.06. The van der Waals surface area contributed by atoms with E-state index in [-0.39, 0.29) is 18.0 Å². The standard InChI is InChI=1S/C14H12F2N2O3/c1-17-8-10-11(15)3-2-4-14(10)21-9-5-6-13(18(19)20)12(16)7-9/h2-7,17H,8H2,1H3. The maximum atomic E-state index is 13.7. The predicted molar refractivity (Wildman–Crippen MR) is 72.3 cm³/mol. The topological polar surface area (TPSA) is 64.4 Å². The van der Waals surface area contributed by atoms with Crippen LogP contribution in [0.25, 0.3) is 0 Å². The molecule has 0 bridgehead atoms. The second-order valence-electron chi connectivity index (χ2n) is 4.22. The van der Waals surface area contributed by atoms with Crippen LogP contribution in [-0.4, -0.2) is 12.0 Å². The molecular weight excluding hydrogens is 282 g/mol. The Morgan fingerprint density at radius 2 is 2.00 bits per heavy atom. The molecule has 0 amide bonds. The van der Waals surface area contributed by atoms with Gasteiger partial charge in [0.2, 0.25) is 5.82 Å². The van der Waals surface area contributed by atoms with Crippen molar-refractivity contribution in [1.29, 1.82) is 0 Å². The highest BCUT2D eigenvalue weighted by atomic mass is 19.1. The summed E-state index contributed by atoms with van der Waals surface area (Å²) in [6, 6.07) is 7.44. The number of hydrogen-bond donors (Lipinski definition) is 1. The fourth-order valence-electron chi connectivity index (χ4n) is 1.81. The maximum Gasteiger partial charge on any atom is 0.305 e. The van der Waals surface area contributed by atoms with Crippen molar-refractivity contribution in [3.05, 3.63) is 63.7 Å². The number of rotatable bonds is 5. The summed E-state index contributed by atoms with van der Waals surface area (Å²) in [4.78, 5) is 9.72. The van der Waals surface area contributed by atoms with Crippen molar-refractivity contribution in [2.45, 2.75) is 6.54 Å². The smallest absolute Gasteiger partial charge is 0.305 e. The van der Waals surface area contributed by atoms with Crippen LogP contribution in [0.2, 0.25) is 0 Å². The SMILES string of the molecule is CNCc1c(F)cccc1Oc1ccc([N+](=O)[O-])c(F)c1. The van der Waals surface area contributed by atoms with Crippen LogP contribution < -0.4 is 10.1 Å². The van der Waals surface area contributed by atoms with Crippen molar-refractivity contribution in [1.82, 2.24) is 5.32 Å². The Morgan fingerprint density at radius 1 is 1.24 bits per heavy atom. The number of benzene rings is 2. The first-order chi connectivity index (χ1) is 10.0. The van der Waals surface area contributed by atoms with Crippen LogP contribution in [0.15, 0.2) is 36.4 Å². The van der Waals surface area contributed by atoms with Crippen LogP contribution in [0.5, 0.6) is 11.5 Å². The van der Waals surface area contributed by atoms with Gasteiger partial charge in [0.05, 0.1) is 4.92 Å². The van der Waals surface area contributed by atoms with E-state index in [4.69, 9.17) is 4.74 Å². The molecule has 0 heterocycles. The van der Waals surface area contributed by atoms with Gasteiger partial charge in [-0.2, -0.15) is 4.39 Å². The highest BCUT2D eigenvalue weighted by molar-refractivity contribution is 5.42. The van der Waals surface area contributed by atoms with E-state index in [1.165, 1.54) is 24.3 Å². The zero-order valence-corrected chi connectivity index (χ0v) is 11.1. The molecule has 7 heteroatoms. The van der Waals surface area contributed by atoms with Gasteiger partial charge in [-0.15, -0.1) is 0 Å². The van der Waals surface area contributed by atoms with Crippen molar-refractivity contribution in [2.75, 3.05) is 7.05 Å². The van der Waals surface area contributed by atoms with Crippen molar-refractivity contribution in [3.63, 3.8) is 0 Å². The van der Waals surface area contributed by atoms with Gasteiger partial charge < -0.3 is 10.1 Å². The summed E-state index contributed by atoms with van der Waals surface area (Å²) in [5.74, 6) is -1.19. The number of ether oxygens (including phenoxy) is 1. The average Bonchev–Trinajstić information content (AvgIpc) is 2.42. The molecule has 0 fully saturated rings. The Kier molecular flexibility index (Phi) is 4.44. The van der Waals surface area contributed by atoms with Gasteiger partial charge in [0, 0.05) is 24.2 Å². The second kappa shape index (κ2) is 6.27. The molecule has 2 rings (SSSR count). The van der Waals surface area contributed by atoms with E-state index in [1.807, 2.05) is 0 Å². The largest absolute Gasteiger partial charge is 0.457 e. The minimum Gasteiger partial charge on any atom is -0.457 e. The molecule has 1 N–H and O–H groups in total. The minimum absolute atomic E-state index is 0.0565. The third-order valence-electron chi connectivity index (χ3n) is 2.77. The molecular formula is C14H12F2N2O3. The Bertz CT molecular complexity index is 677. The number of nitro groups is 1. The van der Waals surface area contributed by atoms with Gasteiger partial charge in [-0.05, 0) is 25.2 Å². The molecule has 0 aromatic heterocycles. The lowest BCUT2D eigenvalue weighted by Crippen LogP contribution is -2.08. The third kappa shape index (κ3) is 3.32. The van der Waals surface area contributed by atoms with E-state index in [9.17, 15) is 18.9 Å². The molecule has 2 aromatic carbocycles. The summed E-state index contributed by atoms with van der Waals surface area (Å²) in [6.07, 6.45) is 0. The van der Waals surface area contributed by atoms with Gasteiger partial charge in [-0.1, -0.05) is 6.07 Å². The lowest BCUT2D eigenvalue weighted by atomic mass is 10.2. The Balaban J connectivity index is 2.32. The van der Waals surface area contributed by atoms with Gasteiger partial charge in [0.15, 0.2) is 0 Å². The normalized spacial score (nSPS) is 10.4. The fourth-order valence-corrected chi connectivity index (χ4v) is 1.81. The summed E-state index contributed by atoms with van der Waals surface area (Å²) in [5, 5.41) is 13.3. The number of nitrogens with one attached hydrogen (secondary N) is 1. The van der Waals surface area contributed by atoms with E-state index in [0.717, 1.165) is 12.1 Å². The number of halogens is 2. The van der Waals surface area contributed by atoms with Gasteiger partial charge in [-0.25, -0.2) is 4.39 Å². The van der Waals surface area contributed by atoms with Crippen molar-refractivity contribution >= 4 is 5.69 Å². The number of hydrogen-bond acceptors (Lipinski definition) is 4. The van der Waals surface area contributed by atoms with Crippen molar-refractivity contribution < 1.29 is 18.4 Å². The highest BCUT2D eigenvalue weighted by Crippen LogP contribution is 2.29. The van der Waals surface area contributed by atoms with Crippen LogP contribution in [0.3, 0.4) is 0 Å². The third-order valence-corrected chi connectivity index (χ3v) is 2.77. The number of nitrogens with zero attached hydrogens (tertiary/aromatic N) is 1. The minimum atomic E-state index is -1.01. The molecule has 0 aliphatic carbocycles. The lowest BCUT2D eigenvalue weighted by molar-refractivity contribution is -0.387. The number of nitro benzene ring substituents is 1. The highest BCUT2D eigenvalue weighted by Gasteiger charge is 2.16. The first kappa shape index (κ1) is 14.9. The van der Waals surface area contributed by atoms with Gasteiger partial charge in [0.1, 0.15) is 17.3 Å². The molecule has 2 aromatic rings. The molecule has 0 spiro atoms. The zero-order valence-electron chi connectivity index (χ0n) is 11.1. The van der Waals surface area contributed by atoms with Crippen molar-refractivity contribution in [3.8, 4) is 11.5 Å². The fraction of sp³-hybridized carbons (Fsp3) is 0.143. The van der Waals surface area contributed by atoms with Crippen LogP contribution in [0, 0.1) is 21.7 Å². The summed E-state index contributed by atoms with van der Waals surface area (Å²) >= 11 is 0. The van der Waals surface area contributed by atoms with Crippen LogP contribution in [-0.2, 0) is 6.54 Å². The van der Waals surface area contributed by atoms with Crippen LogP contribution in [0.4, 0.5) is 14.5 Å². The Labute approximate surface area is 119 Å². The van der Waals surface area contributed by atoms with Gasteiger partial charge in [-0.3, -0.25) is 10.1 Å². The quantitative estimate of drug-likeness (QED) is 0.678. The lowest BCUT2D eigenvalue weighted by Gasteiger charge is -2.11. The second-order valence-corrected chi connectivity index (χ2v) is 4.22. The monoisotopic (exact) mass is 294 g/mol. The van der Waals surface area contributed by atoms with Gasteiger partial charge >= 0.3 is 5.69 Å². The molecule has 5 nitrogen and oxygen atoms in total. The summed E-state index contributed by atoms with van der Waals surface area (Å²) in [5.41, 5.74) is -0.351. The summed E-state index contributed by atoms with van der Waals surface area (Å²) in [6.45, 7) is 0.234. The van der Waals surface area contributed by atoms with E-state index >= 15 is 0 Å². The molecule has 0 aliphatic rings. The van der Waals surface area contributed by atoms with Crippen LogP contribution >= 0.6 is 0 Å². The Hall–Kier alpha value is -2.54. The molecule has 0 saturated heterocycles. The Morgan fingerprint density at radius 3 is 2.62 bits per heavy atom. The molecule has 0 unspecified atom stereocenters. The van der Waals surface area contributed by atoms with E-state index in [2.05, 4.69) is 5.32 Å². The maximum absolute atomic E-state index is 13.7. The molecule has 110 valence electrons.